The Kier molecular flexibility index (Phi) is 7.51. The number of piperidine rings is 1. The summed E-state index contributed by atoms with van der Waals surface area (Å²) in [6, 6.07) is -0.216. The number of hydrogen-bond acceptors (Lipinski definition) is 5. The number of alkyl halides is 3. The average molecular weight is 532 g/mol. The van der Waals surface area contributed by atoms with Gasteiger partial charge in [0.2, 0.25) is 11.7 Å². The van der Waals surface area contributed by atoms with E-state index in [0.29, 0.717) is 31.5 Å². The maximum Gasteiger partial charge on any atom is 0.449 e. The van der Waals surface area contributed by atoms with Gasteiger partial charge in [0, 0.05) is 50.7 Å². The van der Waals surface area contributed by atoms with Gasteiger partial charge in [-0.15, -0.1) is 0 Å². The van der Waals surface area contributed by atoms with Crippen molar-refractivity contribution in [3.63, 3.8) is 0 Å². The van der Waals surface area contributed by atoms with Crippen LogP contribution < -0.4 is 11.5 Å². The highest BCUT2D eigenvalue weighted by Gasteiger charge is 2.42. The van der Waals surface area contributed by atoms with Gasteiger partial charge < -0.3 is 25.8 Å². The Hall–Kier alpha value is -3.13. The molecule has 1 aromatic carbocycles. The van der Waals surface area contributed by atoms with Crippen molar-refractivity contribution < 1.29 is 35.9 Å². The topological polar surface area (TPSA) is 110 Å². The van der Waals surface area contributed by atoms with Crippen LogP contribution in [0.2, 0.25) is 0 Å². The van der Waals surface area contributed by atoms with Crippen molar-refractivity contribution in [3.8, 4) is 0 Å². The molecule has 0 bridgehead atoms. The lowest BCUT2D eigenvalue weighted by atomic mass is 10.0. The van der Waals surface area contributed by atoms with Gasteiger partial charge in [-0.2, -0.15) is 13.2 Å². The zero-order valence-electron chi connectivity index (χ0n) is 19.7. The van der Waals surface area contributed by atoms with E-state index in [-0.39, 0.29) is 62.0 Å². The second kappa shape index (κ2) is 10.3. The van der Waals surface area contributed by atoms with Gasteiger partial charge in [-0.05, 0) is 30.9 Å². The summed E-state index contributed by atoms with van der Waals surface area (Å²) in [5.41, 5.74) is 11.2. The standard InChI is InChI=1S/C23H26F6N6O2/c24-15-9-17(26)16(25)7-12(15)6-14(31)8-19(36)33-4-5-35-18(11-33)20(32-22(35)23(27,28)29)21(37)34-3-1-2-13(30)10-34/h7,9,13-14H,1-6,8,10-11,30-31H2/t13-,14?/m1/s1. The minimum atomic E-state index is -4.81. The molecule has 37 heavy (non-hydrogen) atoms. The third kappa shape index (κ3) is 5.74. The molecule has 1 saturated heterocycles. The summed E-state index contributed by atoms with van der Waals surface area (Å²) in [5.74, 6) is -6.07. The van der Waals surface area contributed by atoms with E-state index >= 15 is 0 Å². The fourth-order valence-electron chi connectivity index (χ4n) is 4.74. The van der Waals surface area contributed by atoms with Crippen LogP contribution in [0.3, 0.4) is 0 Å². The molecule has 0 saturated carbocycles. The Labute approximate surface area is 208 Å². The van der Waals surface area contributed by atoms with E-state index in [2.05, 4.69) is 4.98 Å². The molecule has 4 N–H and O–H groups in total. The summed E-state index contributed by atoms with van der Waals surface area (Å²) in [7, 11) is 0. The van der Waals surface area contributed by atoms with Crippen LogP contribution in [0, 0.1) is 17.5 Å². The summed E-state index contributed by atoms with van der Waals surface area (Å²) in [6.07, 6.45) is -4.11. The minimum absolute atomic E-state index is 0.0451. The predicted molar refractivity (Wildman–Crippen MR) is 118 cm³/mol. The summed E-state index contributed by atoms with van der Waals surface area (Å²) >= 11 is 0. The quantitative estimate of drug-likeness (QED) is 0.453. The number of likely N-dealkylation sites (tertiary alicyclic amines) is 1. The molecule has 8 nitrogen and oxygen atoms in total. The Balaban J connectivity index is 1.52. The van der Waals surface area contributed by atoms with Gasteiger partial charge in [-0.1, -0.05) is 0 Å². The van der Waals surface area contributed by atoms with Gasteiger partial charge in [-0.25, -0.2) is 18.2 Å². The molecular formula is C23H26F6N6O2. The number of fused-ring (bicyclic) bond motifs is 1. The molecule has 2 aliphatic rings. The third-order valence-electron chi connectivity index (χ3n) is 6.57. The SMILES string of the molecule is NC(CC(=O)N1CCn2c(C(F)(F)F)nc(C(=O)N3CCC[C@@H](N)C3)c2C1)Cc1cc(F)c(F)cc1F. The molecular weight excluding hydrogens is 506 g/mol. The largest absolute Gasteiger partial charge is 0.449 e. The highest BCUT2D eigenvalue weighted by molar-refractivity contribution is 5.94. The van der Waals surface area contributed by atoms with E-state index in [1.807, 2.05) is 0 Å². The number of carbonyl (C=O) groups excluding carboxylic acids is 2. The molecule has 2 aliphatic heterocycles. The Morgan fingerprint density at radius 3 is 2.43 bits per heavy atom. The van der Waals surface area contributed by atoms with Crippen molar-refractivity contribution in [1.29, 1.82) is 0 Å². The van der Waals surface area contributed by atoms with Crippen LogP contribution in [0.1, 0.15) is 46.8 Å². The molecule has 2 amide bonds. The van der Waals surface area contributed by atoms with Crippen LogP contribution in [-0.4, -0.2) is 62.9 Å². The number of rotatable bonds is 5. The number of hydrogen-bond donors (Lipinski definition) is 2. The fraction of sp³-hybridized carbons (Fsp3) is 0.522. The third-order valence-corrected chi connectivity index (χ3v) is 6.57. The molecule has 202 valence electrons. The first-order valence-electron chi connectivity index (χ1n) is 11.7. The lowest BCUT2D eigenvalue weighted by molar-refractivity contribution is -0.148. The van der Waals surface area contributed by atoms with Crippen LogP contribution in [0.25, 0.3) is 0 Å². The molecule has 14 heteroatoms. The number of nitrogens with two attached hydrogens (primary N) is 2. The first-order valence-corrected chi connectivity index (χ1v) is 11.7. The lowest BCUT2D eigenvalue weighted by Crippen LogP contribution is -2.46. The van der Waals surface area contributed by atoms with E-state index < -0.39 is 47.3 Å². The van der Waals surface area contributed by atoms with Crippen LogP contribution in [0.15, 0.2) is 12.1 Å². The van der Waals surface area contributed by atoms with Gasteiger partial charge in [-0.3, -0.25) is 9.59 Å². The summed E-state index contributed by atoms with van der Waals surface area (Å²) in [5, 5.41) is 0. The van der Waals surface area contributed by atoms with Crippen LogP contribution in [0.5, 0.6) is 0 Å². The van der Waals surface area contributed by atoms with E-state index in [1.165, 1.54) is 9.80 Å². The monoisotopic (exact) mass is 532 g/mol. The van der Waals surface area contributed by atoms with Gasteiger partial charge in [0.25, 0.3) is 5.91 Å². The molecule has 3 heterocycles. The van der Waals surface area contributed by atoms with Crippen molar-refractivity contribution in [2.75, 3.05) is 19.6 Å². The van der Waals surface area contributed by atoms with Crippen molar-refractivity contribution in [3.05, 3.63) is 52.4 Å². The Bertz CT molecular complexity index is 1200. The van der Waals surface area contributed by atoms with E-state index in [0.717, 1.165) is 4.57 Å². The maximum absolute atomic E-state index is 13.9. The number of aromatic nitrogens is 2. The molecule has 1 unspecified atom stereocenters. The molecule has 1 aromatic heterocycles. The highest BCUT2D eigenvalue weighted by Crippen LogP contribution is 2.33. The highest BCUT2D eigenvalue weighted by atomic mass is 19.4. The molecule has 0 aliphatic carbocycles. The normalized spacial score (nSPS) is 19.1. The van der Waals surface area contributed by atoms with Crippen molar-refractivity contribution >= 4 is 11.8 Å². The number of nitrogens with zero attached hydrogens (tertiary/aromatic N) is 4. The molecule has 1 fully saturated rings. The number of amides is 2. The van der Waals surface area contributed by atoms with Crippen LogP contribution >= 0.6 is 0 Å². The maximum atomic E-state index is 13.9. The second-order valence-electron chi connectivity index (χ2n) is 9.37. The van der Waals surface area contributed by atoms with Crippen molar-refractivity contribution in [2.24, 2.45) is 11.5 Å². The number of imidazole rings is 1. The smallest absolute Gasteiger partial charge is 0.336 e. The van der Waals surface area contributed by atoms with Crippen LogP contribution in [-0.2, 0) is 30.5 Å². The van der Waals surface area contributed by atoms with Crippen molar-refractivity contribution in [1.82, 2.24) is 19.4 Å². The molecule has 0 radical (unpaired) electrons. The number of carbonyl (C=O) groups is 2. The zero-order chi connectivity index (χ0) is 27.1. The molecule has 4 rings (SSSR count). The number of halogens is 6. The molecule has 2 atom stereocenters. The first-order chi connectivity index (χ1) is 17.3. The molecule has 2 aromatic rings. The van der Waals surface area contributed by atoms with E-state index in [1.54, 1.807) is 0 Å². The Morgan fingerprint density at radius 2 is 1.76 bits per heavy atom. The number of benzene rings is 1. The van der Waals surface area contributed by atoms with Gasteiger partial charge >= 0.3 is 6.18 Å². The predicted octanol–water partition coefficient (Wildman–Crippen LogP) is 2.18. The van der Waals surface area contributed by atoms with Crippen LogP contribution in [0.4, 0.5) is 26.3 Å². The fourth-order valence-corrected chi connectivity index (χ4v) is 4.74. The van der Waals surface area contributed by atoms with Gasteiger partial charge in [0.1, 0.15) is 5.82 Å². The summed E-state index contributed by atoms with van der Waals surface area (Å²) in [6.45, 7) is -0.139. The summed E-state index contributed by atoms with van der Waals surface area (Å²) in [4.78, 5) is 32.3. The van der Waals surface area contributed by atoms with E-state index in [4.69, 9.17) is 11.5 Å². The van der Waals surface area contributed by atoms with Gasteiger partial charge in [0.05, 0.1) is 12.2 Å². The second-order valence-corrected chi connectivity index (χ2v) is 9.37. The average Bonchev–Trinajstić information content (AvgIpc) is 3.21. The van der Waals surface area contributed by atoms with Crippen molar-refractivity contribution in [2.45, 2.75) is 57.0 Å². The summed E-state index contributed by atoms with van der Waals surface area (Å²) < 4.78 is 82.5. The lowest BCUT2D eigenvalue weighted by Gasteiger charge is -2.32. The first kappa shape index (κ1) is 26.9. The Morgan fingerprint density at radius 1 is 1.05 bits per heavy atom. The minimum Gasteiger partial charge on any atom is -0.336 e. The van der Waals surface area contributed by atoms with Gasteiger partial charge in [0.15, 0.2) is 17.3 Å². The van der Waals surface area contributed by atoms with E-state index in [9.17, 15) is 35.9 Å². The molecule has 0 spiro atoms. The zero-order valence-corrected chi connectivity index (χ0v) is 19.7.